The summed E-state index contributed by atoms with van der Waals surface area (Å²) < 4.78 is 97.6. The molecule has 7 aromatic carbocycles. The van der Waals surface area contributed by atoms with Gasteiger partial charge in [0.1, 0.15) is 67.6 Å². The van der Waals surface area contributed by atoms with Gasteiger partial charge in [-0.25, -0.2) is 4.57 Å². The number of phosphoric acid groups is 1. The molecule has 0 unspecified atom stereocenters. The van der Waals surface area contributed by atoms with E-state index in [2.05, 4.69) is 16.6 Å². The van der Waals surface area contributed by atoms with Gasteiger partial charge in [0.15, 0.2) is 6.29 Å². The van der Waals surface area contributed by atoms with Crippen LogP contribution in [-0.4, -0.2) is 86.5 Å². The fourth-order valence-corrected chi connectivity index (χ4v) is 11.3. The molecule has 1 aliphatic heterocycles. The van der Waals surface area contributed by atoms with Crippen molar-refractivity contribution >= 4 is 13.8 Å². The molecule has 0 aromatic heterocycles. The van der Waals surface area contributed by atoms with Crippen LogP contribution in [0.15, 0.2) is 230 Å². The molecule has 17 nitrogen and oxygen atoms in total. The summed E-state index contributed by atoms with van der Waals surface area (Å²) in [7, 11) is -4.80. The van der Waals surface area contributed by atoms with Crippen LogP contribution in [0.3, 0.4) is 0 Å². The van der Waals surface area contributed by atoms with Crippen molar-refractivity contribution in [2.75, 3.05) is 13.2 Å². The molecule has 1 saturated heterocycles. The first-order valence-corrected chi connectivity index (χ1v) is 29.4. The van der Waals surface area contributed by atoms with Crippen molar-refractivity contribution in [1.29, 1.82) is 0 Å². The van der Waals surface area contributed by atoms with Gasteiger partial charge < -0.3 is 42.6 Å². The van der Waals surface area contributed by atoms with E-state index in [9.17, 15) is 10.3 Å². The number of carbonyl (C=O) groups is 1. The maximum absolute atomic E-state index is 16.0. The quantitative estimate of drug-likeness (QED) is 0.00994. The number of hydrogen-bond acceptors (Lipinski definition) is 15. The van der Waals surface area contributed by atoms with Crippen LogP contribution >= 0.6 is 7.82 Å². The van der Waals surface area contributed by atoms with Gasteiger partial charge in [-0.15, -0.1) is 6.58 Å². The van der Waals surface area contributed by atoms with Crippen LogP contribution in [0.25, 0.3) is 10.4 Å². The number of rotatable bonds is 31. The second kappa shape index (κ2) is 32.2. The van der Waals surface area contributed by atoms with E-state index in [1.54, 1.807) is 6.08 Å². The molecule has 1 heterocycles. The Bertz CT molecular complexity index is 3090. The van der Waals surface area contributed by atoms with Crippen LogP contribution in [0, 0.1) is 0 Å². The first kappa shape index (κ1) is 61.4. The number of esters is 1. The van der Waals surface area contributed by atoms with E-state index in [0.29, 0.717) is 11.1 Å². The maximum atomic E-state index is 16.0. The highest BCUT2D eigenvalue weighted by Crippen LogP contribution is 2.55. The molecule has 1 aliphatic carbocycles. The van der Waals surface area contributed by atoms with Gasteiger partial charge in [-0.1, -0.05) is 224 Å². The summed E-state index contributed by atoms with van der Waals surface area (Å²) in [5.41, 5.74) is 16.1. The van der Waals surface area contributed by atoms with Crippen molar-refractivity contribution in [3.63, 3.8) is 0 Å². The van der Waals surface area contributed by atoms with Gasteiger partial charge in [0.2, 0.25) is 0 Å². The van der Waals surface area contributed by atoms with Crippen LogP contribution in [0.5, 0.6) is 0 Å². The Morgan fingerprint density at radius 1 is 0.488 bits per heavy atom. The highest BCUT2D eigenvalue weighted by molar-refractivity contribution is 7.48. The van der Waals surface area contributed by atoms with Crippen molar-refractivity contribution in [2.45, 2.75) is 120 Å². The van der Waals surface area contributed by atoms with Gasteiger partial charge in [-0.3, -0.25) is 18.4 Å². The SMILES string of the molecule is C=CCO[C@@H]1[C@H](OCc2ccccc2)[C@@H](OCc2ccccc2)[C@H](OCc2ccccc2)[C@@H](O[C@H]2O[C@H](COC(C)=O)[C@@H](OCc3ccccc3)[C@H](OCc3ccccc3)[C@H]2N=[N+]=[N-])[C@@H]1OP(=O)(OCc1ccccc1)OCc1ccccc1. The third kappa shape index (κ3) is 17.9. The smallest absolute Gasteiger partial charge is 0.463 e. The Morgan fingerprint density at radius 2 is 0.821 bits per heavy atom. The van der Waals surface area contributed by atoms with Crippen molar-refractivity contribution in [2.24, 2.45) is 5.11 Å². The van der Waals surface area contributed by atoms with Crippen LogP contribution in [0.1, 0.15) is 45.9 Å². The van der Waals surface area contributed by atoms with Gasteiger partial charge in [0.25, 0.3) is 0 Å². The summed E-state index contributed by atoms with van der Waals surface area (Å²) in [4.78, 5) is 16.1. The Kier molecular flexibility index (Phi) is 23.6. The van der Waals surface area contributed by atoms with E-state index in [1.807, 2.05) is 212 Å². The van der Waals surface area contributed by atoms with Gasteiger partial charge >= 0.3 is 13.8 Å². The standard InChI is InChI=1S/C66H70N3O14P/c1-3-39-72-63-61(77-43-52-31-17-7-18-32-52)60(76-42-51-29-15-6-16-30-51)62(78-44-53-33-19-8-20-34-53)64(65(63)83-84(71,79-45-54-35-21-9-22-36-54)80-46-55-37-23-10-24-38-55)82-66-57(68-69-67)59(75-41-50-27-13-5-14-28-50)58(56(81-66)47-73-48(2)70)74-40-49-25-11-4-12-26-49/h3-38,56-66H,1,39-47H2,2H3/t56-,57-,58-,59-,60-,61-,62+,63-,64-,65-,66-/m1/s1. The minimum Gasteiger partial charge on any atom is -0.463 e. The van der Waals surface area contributed by atoms with Gasteiger partial charge in [-0.05, 0) is 44.5 Å². The number of azide groups is 1. The van der Waals surface area contributed by atoms with Gasteiger partial charge in [-0.2, -0.15) is 0 Å². The number of hydrogen-bond donors (Lipinski definition) is 0. The normalized spacial score (nSPS) is 23.2. The molecule has 438 valence electrons. The lowest BCUT2D eigenvalue weighted by atomic mass is 9.83. The number of phosphoric ester groups is 1. The highest BCUT2D eigenvalue weighted by atomic mass is 31.2. The lowest BCUT2D eigenvalue weighted by Gasteiger charge is -2.52. The molecule has 7 aromatic rings. The van der Waals surface area contributed by atoms with Crippen LogP contribution < -0.4 is 0 Å². The first-order valence-electron chi connectivity index (χ1n) is 27.9. The summed E-state index contributed by atoms with van der Waals surface area (Å²) in [6.45, 7) is 4.75. The molecule has 1 saturated carbocycles. The van der Waals surface area contributed by atoms with Crippen molar-refractivity contribution < 1.29 is 65.6 Å². The number of carbonyl (C=O) groups excluding carboxylic acids is 1. The zero-order valence-electron chi connectivity index (χ0n) is 46.7. The van der Waals surface area contributed by atoms with E-state index < -0.39 is 81.1 Å². The first-order chi connectivity index (χ1) is 41.3. The molecule has 11 atom stereocenters. The van der Waals surface area contributed by atoms with Crippen LogP contribution in [0.4, 0.5) is 0 Å². The van der Waals surface area contributed by atoms with Gasteiger partial charge in [0.05, 0.1) is 52.9 Å². The number of nitrogens with zero attached hydrogens (tertiary/aromatic N) is 3. The highest BCUT2D eigenvalue weighted by Gasteiger charge is 2.59. The molecule has 84 heavy (non-hydrogen) atoms. The summed E-state index contributed by atoms with van der Waals surface area (Å²) in [5, 5.41) is 4.38. The molecular weight excluding hydrogens is 1090 g/mol. The van der Waals surface area contributed by atoms with Crippen LogP contribution in [0.2, 0.25) is 0 Å². The molecule has 0 radical (unpaired) electrons. The number of ether oxygens (including phenoxy) is 9. The van der Waals surface area contributed by atoms with E-state index >= 15 is 4.57 Å². The minimum atomic E-state index is -4.80. The Hall–Kier alpha value is -7.15. The van der Waals surface area contributed by atoms with E-state index in [0.717, 1.165) is 27.8 Å². The van der Waals surface area contributed by atoms with Crippen LogP contribution in [-0.2, 0) is 112 Å². The minimum absolute atomic E-state index is 0.00185. The monoisotopic (exact) mass is 1160 g/mol. The topological polar surface area (TPSA) is 194 Å². The molecule has 0 spiro atoms. The zero-order chi connectivity index (χ0) is 58.2. The van der Waals surface area contributed by atoms with Crippen molar-refractivity contribution in [3.8, 4) is 0 Å². The molecule has 0 N–H and O–H groups in total. The van der Waals surface area contributed by atoms with E-state index in [4.69, 9.17) is 56.2 Å². The average molecular weight is 1160 g/mol. The fourth-order valence-electron chi connectivity index (χ4n) is 9.94. The second-order valence-corrected chi connectivity index (χ2v) is 21.7. The lowest BCUT2D eigenvalue weighted by molar-refractivity contribution is -0.335. The molecule has 2 aliphatic rings. The molecule has 18 heteroatoms. The van der Waals surface area contributed by atoms with E-state index in [-0.39, 0.29) is 59.5 Å². The third-order valence-electron chi connectivity index (χ3n) is 14.0. The lowest BCUT2D eigenvalue weighted by Crippen LogP contribution is -2.69. The summed E-state index contributed by atoms with van der Waals surface area (Å²) in [6, 6.07) is 64.7. The molecular formula is C66H70N3O14P. The summed E-state index contributed by atoms with van der Waals surface area (Å²) >= 11 is 0. The van der Waals surface area contributed by atoms with E-state index in [1.165, 1.54) is 6.92 Å². The largest absolute Gasteiger partial charge is 0.475 e. The molecule has 2 fully saturated rings. The molecule has 9 rings (SSSR count). The maximum Gasteiger partial charge on any atom is 0.475 e. The summed E-state index contributed by atoms with van der Waals surface area (Å²) in [5.74, 6) is -0.587. The summed E-state index contributed by atoms with van der Waals surface area (Å²) in [6.07, 6.45) is -11.0. The van der Waals surface area contributed by atoms with Crippen molar-refractivity contribution in [3.05, 3.63) is 274 Å². The molecule has 0 bridgehead atoms. The molecule has 0 amide bonds. The van der Waals surface area contributed by atoms with Gasteiger partial charge in [0, 0.05) is 11.8 Å². The van der Waals surface area contributed by atoms with Crippen molar-refractivity contribution in [1.82, 2.24) is 0 Å². The Labute approximate surface area is 490 Å². The number of benzene rings is 7. The second-order valence-electron chi connectivity index (χ2n) is 20.1. The zero-order valence-corrected chi connectivity index (χ0v) is 47.6. The predicted molar refractivity (Wildman–Crippen MR) is 313 cm³/mol. The predicted octanol–water partition coefficient (Wildman–Crippen LogP) is 12.8. The Morgan fingerprint density at radius 3 is 1.18 bits per heavy atom. The third-order valence-corrected chi connectivity index (χ3v) is 15.4. The Balaban J connectivity index is 1.21. The fraction of sp³-hybridized carbons (Fsp3) is 0.318. The average Bonchev–Trinajstić information content (AvgIpc) is 1.98.